The smallest absolute Gasteiger partial charge is 0.254 e. The Bertz CT molecular complexity index is 1040. The molecule has 42 heavy (non-hydrogen) atoms. The minimum absolute atomic E-state index is 0.0869. The molecule has 4 saturated carbocycles. The molecule has 0 spiro atoms. The van der Waals surface area contributed by atoms with Crippen molar-refractivity contribution < 1.29 is 4.79 Å². The molecule has 4 bridgehead atoms. The highest BCUT2D eigenvalue weighted by atomic mass is 16.1. The van der Waals surface area contributed by atoms with E-state index < -0.39 is 0 Å². The molecule has 4 aliphatic rings. The molecule has 1 aromatic carbocycles. The second-order valence-electron chi connectivity index (χ2n) is 14.4. The molecule has 4 nitrogen and oxygen atoms in total. The predicted octanol–water partition coefficient (Wildman–Crippen LogP) is 10.3. The van der Waals surface area contributed by atoms with Crippen LogP contribution in [0.3, 0.4) is 0 Å². The third kappa shape index (κ3) is 8.50. The highest BCUT2D eigenvalue weighted by Gasteiger charge is 2.53. The first-order valence-corrected chi connectivity index (χ1v) is 18.1. The number of hydrogen-bond donors (Lipinski definition) is 1. The summed E-state index contributed by atoms with van der Waals surface area (Å²) in [7, 11) is 0. The molecule has 4 heteroatoms. The van der Waals surface area contributed by atoms with E-state index in [1.807, 2.05) is 16.9 Å². The Balaban J connectivity index is 1.01. The van der Waals surface area contributed by atoms with E-state index in [1.165, 1.54) is 135 Å². The van der Waals surface area contributed by atoms with Gasteiger partial charge in [-0.2, -0.15) is 5.10 Å². The number of rotatable bonds is 20. The fraction of sp³-hybridized carbons (Fsp3) is 0.737. The highest BCUT2D eigenvalue weighted by molar-refractivity contribution is 5.95. The SMILES string of the molecule is CCCCCCCCCCCCCCCCCCNC(=O)c1cn(-c2ccccc2)nc1C12CC3CC(CC(C3)C1)C2. The number of nitrogens with zero attached hydrogens (tertiary/aromatic N) is 2. The Morgan fingerprint density at radius 1 is 0.738 bits per heavy atom. The normalized spacial score (nSPS) is 24.4. The van der Waals surface area contributed by atoms with Crippen LogP contribution in [-0.4, -0.2) is 22.2 Å². The van der Waals surface area contributed by atoms with Crippen LogP contribution in [0.5, 0.6) is 0 Å². The summed E-state index contributed by atoms with van der Waals surface area (Å²) >= 11 is 0. The van der Waals surface area contributed by atoms with Crippen molar-refractivity contribution in [2.75, 3.05) is 6.54 Å². The lowest BCUT2D eigenvalue weighted by Gasteiger charge is -2.56. The maximum atomic E-state index is 13.6. The van der Waals surface area contributed by atoms with Gasteiger partial charge in [-0.3, -0.25) is 4.79 Å². The van der Waals surface area contributed by atoms with E-state index >= 15 is 0 Å². The number of benzene rings is 1. The number of amides is 1. The fourth-order valence-corrected chi connectivity index (χ4v) is 9.02. The first-order chi connectivity index (χ1) is 20.7. The fourth-order valence-electron chi connectivity index (χ4n) is 9.02. The standard InChI is InChI=1S/C38H59N3O/c1-2-3-4-5-6-7-8-9-10-11-12-13-14-15-16-20-23-39-37(42)35-30-41(34-21-18-17-19-22-34)40-36(35)38-27-31-24-32(28-38)26-33(25-31)29-38/h17-19,21-22,30-33H,2-16,20,23-29H2,1H3,(H,39,42). The molecule has 0 saturated heterocycles. The molecule has 4 fully saturated rings. The van der Waals surface area contributed by atoms with Crippen LogP contribution in [0.15, 0.2) is 36.5 Å². The molecule has 1 amide bonds. The Hall–Kier alpha value is -2.10. The molecule has 1 N–H and O–H groups in total. The van der Waals surface area contributed by atoms with E-state index in [4.69, 9.17) is 5.10 Å². The Kier molecular flexibility index (Phi) is 12.0. The number of hydrogen-bond acceptors (Lipinski definition) is 2. The third-order valence-electron chi connectivity index (χ3n) is 10.8. The van der Waals surface area contributed by atoms with Crippen molar-refractivity contribution in [3.8, 4) is 5.69 Å². The highest BCUT2D eigenvalue weighted by Crippen LogP contribution is 2.60. The number of aromatic nitrogens is 2. The number of nitrogens with one attached hydrogen (secondary N) is 1. The van der Waals surface area contributed by atoms with Crippen molar-refractivity contribution in [1.82, 2.24) is 15.1 Å². The molecule has 232 valence electrons. The van der Waals surface area contributed by atoms with Crippen molar-refractivity contribution in [2.45, 2.75) is 154 Å². The minimum atomic E-state index is 0.0869. The van der Waals surface area contributed by atoms with Crippen LogP contribution in [0.1, 0.15) is 164 Å². The molecule has 1 aromatic heterocycles. The van der Waals surface area contributed by atoms with E-state index in [0.717, 1.165) is 47.7 Å². The Labute approximate surface area is 256 Å². The number of unbranched alkanes of at least 4 members (excludes halogenated alkanes) is 15. The van der Waals surface area contributed by atoms with Gasteiger partial charge < -0.3 is 5.32 Å². The summed E-state index contributed by atoms with van der Waals surface area (Å²) in [6, 6.07) is 10.3. The van der Waals surface area contributed by atoms with Crippen molar-refractivity contribution in [3.63, 3.8) is 0 Å². The van der Waals surface area contributed by atoms with Crippen LogP contribution in [0, 0.1) is 17.8 Å². The molecular weight excluding hydrogens is 514 g/mol. The maximum absolute atomic E-state index is 13.6. The second kappa shape index (κ2) is 16.1. The Morgan fingerprint density at radius 3 is 1.71 bits per heavy atom. The van der Waals surface area contributed by atoms with Gasteiger partial charge in [-0.15, -0.1) is 0 Å². The van der Waals surface area contributed by atoms with E-state index in [1.54, 1.807) is 0 Å². The summed E-state index contributed by atoms with van der Waals surface area (Å²) < 4.78 is 1.97. The van der Waals surface area contributed by atoms with Gasteiger partial charge in [-0.25, -0.2) is 4.68 Å². The molecule has 1 heterocycles. The average Bonchev–Trinajstić information content (AvgIpc) is 3.45. The quantitative estimate of drug-likeness (QED) is 0.160. The first kappa shape index (κ1) is 31.3. The van der Waals surface area contributed by atoms with Gasteiger partial charge in [0, 0.05) is 18.2 Å². The van der Waals surface area contributed by atoms with Crippen LogP contribution in [-0.2, 0) is 5.41 Å². The molecule has 0 atom stereocenters. The van der Waals surface area contributed by atoms with Crippen molar-refractivity contribution >= 4 is 5.91 Å². The summed E-state index contributed by atoms with van der Waals surface area (Å²) in [6.07, 6.45) is 31.8. The van der Waals surface area contributed by atoms with Gasteiger partial charge in [-0.05, 0) is 74.8 Å². The van der Waals surface area contributed by atoms with Crippen LogP contribution < -0.4 is 5.32 Å². The summed E-state index contributed by atoms with van der Waals surface area (Å²) in [5.41, 5.74) is 3.07. The molecule has 0 aliphatic heterocycles. The lowest BCUT2D eigenvalue weighted by molar-refractivity contribution is -0.00770. The van der Waals surface area contributed by atoms with Gasteiger partial charge in [0.25, 0.3) is 5.91 Å². The maximum Gasteiger partial charge on any atom is 0.254 e. The minimum Gasteiger partial charge on any atom is -0.352 e. The molecule has 0 unspecified atom stereocenters. The summed E-state index contributed by atoms with van der Waals surface area (Å²) in [4.78, 5) is 13.6. The lowest BCUT2D eigenvalue weighted by atomic mass is 9.48. The van der Waals surface area contributed by atoms with E-state index in [0.29, 0.717) is 0 Å². The van der Waals surface area contributed by atoms with Crippen molar-refractivity contribution in [2.24, 2.45) is 17.8 Å². The average molecular weight is 574 g/mol. The van der Waals surface area contributed by atoms with Crippen LogP contribution in [0.25, 0.3) is 5.69 Å². The largest absolute Gasteiger partial charge is 0.352 e. The molecule has 0 radical (unpaired) electrons. The van der Waals surface area contributed by atoms with Gasteiger partial charge in [0.1, 0.15) is 0 Å². The number of para-hydroxylation sites is 1. The van der Waals surface area contributed by atoms with Gasteiger partial charge in [0.05, 0.1) is 16.9 Å². The second-order valence-corrected chi connectivity index (χ2v) is 14.4. The van der Waals surface area contributed by atoms with Gasteiger partial charge in [0.2, 0.25) is 0 Å². The van der Waals surface area contributed by atoms with Gasteiger partial charge in [-0.1, -0.05) is 121 Å². The topological polar surface area (TPSA) is 46.9 Å². The zero-order valence-electron chi connectivity index (χ0n) is 26.8. The van der Waals surface area contributed by atoms with Gasteiger partial charge in [0.15, 0.2) is 0 Å². The lowest BCUT2D eigenvalue weighted by Crippen LogP contribution is -2.49. The zero-order valence-corrected chi connectivity index (χ0v) is 26.8. The van der Waals surface area contributed by atoms with Crippen LogP contribution in [0.4, 0.5) is 0 Å². The number of carbonyl (C=O) groups is 1. The zero-order chi connectivity index (χ0) is 29.0. The number of carbonyl (C=O) groups excluding carboxylic acids is 1. The summed E-state index contributed by atoms with van der Waals surface area (Å²) in [6.45, 7) is 3.07. The van der Waals surface area contributed by atoms with E-state index in [2.05, 4.69) is 36.5 Å². The predicted molar refractivity (Wildman–Crippen MR) is 175 cm³/mol. The summed E-state index contributed by atoms with van der Waals surface area (Å²) in [5.74, 6) is 2.58. The summed E-state index contributed by atoms with van der Waals surface area (Å²) in [5, 5.41) is 8.47. The van der Waals surface area contributed by atoms with Gasteiger partial charge >= 0.3 is 0 Å². The monoisotopic (exact) mass is 573 g/mol. The molecule has 4 aliphatic carbocycles. The Morgan fingerprint density at radius 2 is 1.21 bits per heavy atom. The molecular formula is C38H59N3O. The van der Waals surface area contributed by atoms with Crippen LogP contribution in [0.2, 0.25) is 0 Å². The molecule has 2 aromatic rings. The molecule has 6 rings (SSSR count). The van der Waals surface area contributed by atoms with E-state index in [9.17, 15) is 4.79 Å². The van der Waals surface area contributed by atoms with Crippen LogP contribution >= 0.6 is 0 Å². The van der Waals surface area contributed by atoms with E-state index in [-0.39, 0.29) is 11.3 Å². The third-order valence-corrected chi connectivity index (χ3v) is 10.8. The first-order valence-electron chi connectivity index (χ1n) is 18.1. The van der Waals surface area contributed by atoms with Crippen molar-refractivity contribution in [1.29, 1.82) is 0 Å². The van der Waals surface area contributed by atoms with Crippen molar-refractivity contribution in [3.05, 3.63) is 47.8 Å².